The summed E-state index contributed by atoms with van der Waals surface area (Å²) in [5, 5.41) is 9.28. The Hall–Kier alpha value is -2.94. The maximum absolute atomic E-state index is 14.5. The predicted octanol–water partition coefficient (Wildman–Crippen LogP) is 4.21. The lowest BCUT2D eigenvalue weighted by atomic mass is 9.92. The molecule has 2 saturated heterocycles. The maximum atomic E-state index is 14.5. The third-order valence-electron chi connectivity index (χ3n) is 6.97. The molecular weight excluding hydrogens is 487 g/mol. The number of carbonyl (C=O) groups is 2. The van der Waals surface area contributed by atoms with Gasteiger partial charge in [-0.2, -0.15) is 0 Å². The normalized spacial score (nSPS) is 16.6. The van der Waals surface area contributed by atoms with Crippen LogP contribution in [-0.2, 0) is 16.0 Å². The summed E-state index contributed by atoms with van der Waals surface area (Å²) in [4.78, 5) is 35.4. The van der Waals surface area contributed by atoms with E-state index in [1.54, 1.807) is 29.4 Å². The number of rotatable bonds is 11. The Morgan fingerprint density at radius 1 is 1.11 bits per heavy atom. The second-order valence-electron chi connectivity index (χ2n) is 9.65. The average molecular weight is 519 g/mol. The summed E-state index contributed by atoms with van der Waals surface area (Å²) in [6.45, 7) is 3.44. The fourth-order valence-corrected chi connectivity index (χ4v) is 4.87. The Balaban J connectivity index is 1.12. The van der Waals surface area contributed by atoms with E-state index in [-0.39, 0.29) is 24.7 Å². The molecule has 1 N–H and O–H groups in total. The van der Waals surface area contributed by atoms with E-state index in [9.17, 15) is 14.0 Å². The minimum atomic E-state index is -0.824. The number of amides is 1. The second kappa shape index (κ2) is 12.3. The van der Waals surface area contributed by atoms with Crippen molar-refractivity contribution in [2.45, 2.75) is 44.9 Å². The molecule has 1 aromatic carbocycles. The molecule has 2 aliphatic heterocycles. The first-order valence-electron chi connectivity index (χ1n) is 12.5. The number of carboxylic acids is 1. The number of piperidine rings is 1. The Labute approximate surface area is 215 Å². The third kappa shape index (κ3) is 7.29. The number of benzene rings is 1. The highest BCUT2D eigenvalue weighted by molar-refractivity contribution is 6.30. The van der Waals surface area contributed by atoms with Crippen molar-refractivity contribution in [2.24, 2.45) is 11.8 Å². The van der Waals surface area contributed by atoms with Gasteiger partial charge < -0.3 is 19.6 Å². The van der Waals surface area contributed by atoms with Gasteiger partial charge in [-0.3, -0.25) is 9.59 Å². The zero-order valence-corrected chi connectivity index (χ0v) is 21.0. The van der Waals surface area contributed by atoms with Crippen LogP contribution in [0.2, 0.25) is 5.02 Å². The number of hydrogen-bond acceptors (Lipinski definition) is 6. The van der Waals surface area contributed by atoms with E-state index in [1.807, 2.05) is 0 Å². The lowest BCUT2D eigenvalue weighted by molar-refractivity contribution is -0.139. The van der Waals surface area contributed by atoms with Gasteiger partial charge in [-0.25, -0.2) is 14.4 Å². The zero-order chi connectivity index (χ0) is 25.5. The molecule has 36 heavy (non-hydrogen) atoms. The molecule has 0 radical (unpaired) electrons. The minimum Gasteiger partial charge on any atom is -0.493 e. The van der Waals surface area contributed by atoms with E-state index >= 15 is 0 Å². The number of anilines is 1. The van der Waals surface area contributed by atoms with Crippen LogP contribution in [0.1, 0.15) is 44.1 Å². The lowest BCUT2D eigenvalue weighted by Gasteiger charge is -2.39. The number of hydrogen-bond donors (Lipinski definition) is 1. The number of ether oxygens (including phenoxy) is 1. The zero-order valence-electron chi connectivity index (χ0n) is 20.2. The first-order valence-corrected chi connectivity index (χ1v) is 12.9. The smallest absolute Gasteiger partial charge is 0.303 e. The highest BCUT2D eigenvalue weighted by Crippen LogP contribution is 2.26. The summed E-state index contributed by atoms with van der Waals surface area (Å²) in [6, 6.07) is 4.67. The molecule has 2 fully saturated rings. The lowest BCUT2D eigenvalue weighted by Crippen LogP contribution is -2.50. The van der Waals surface area contributed by atoms with Gasteiger partial charge in [0.2, 0.25) is 11.9 Å². The minimum absolute atomic E-state index is 0.00246. The summed E-state index contributed by atoms with van der Waals surface area (Å²) in [5.41, 5.74) is 0.345. The van der Waals surface area contributed by atoms with Gasteiger partial charge in [0.1, 0.15) is 11.6 Å². The molecule has 0 aliphatic carbocycles. The van der Waals surface area contributed by atoms with Gasteiger partial charge in [0.05, 0.1) is 30.4 Å². The number of carbonyl (C=O) groups excluding carboxylic acids is 1. The number of likely N-dealkylation sites (tertiary alicyclic amines) is 1. The molecule has 0 bridgehead atoms. The number of aliphatic carboxylic acids is 1. The van der Waals surface area contributed by atoms with Crippen molar-refractivity contribution in [3.05, 3.63) is 47.0 Å². The molecule has 2 aliphatic rings. The van der Waals surface area contributed by atoms with Crippen LogP contribution in [0.5, 0.6) is 5.75 Å². The Morgan fingerprint density at radius 3 is 2.50 bits per heavy atom. The molecule has 194 valence electrons. The van der Waals surface area contributed by atoms with Crippen LogP contribution in [0.25, 0.3) is 0 Å². The number of carboxylic acid groups (broad SMARTS) is 1. The maximum Gasteiger partial charge on any atom is 0.303 e. The van der Waals surface area contributed by atoms with Crippen molar-refractivity contribution in [2.75, 3.05) is 37.7 Å². The molecule has 0 unspecified atom stereocenters. The van der Waals surface area contributed by atoms with Gasteiger partial charge in [0.15, 0.2) is 0 Å². The van der Waals surface area contributed by atoms with Crippen molar-refractivity contribution in [3.63, 3.8) is 0 Å². The predicted molar refractivity (Wildman–Crippen MR) is 134 cm³/mol. The van der Waals surface area contributed by atoms with E-state index in [0.717, 1.165) is 44.7 Å². The highest BCUT2D eigenvalue weighted by Gasteiger charge is 2.30. The van der Waals surface area contributed by atoms with Crippen molar-refractivity contribution in [1.29, 1.82) is 0 Å². The first kappa shape index (κ1) is 26.1. The molecule has 0 saturated carbocycles. The van der Waals surface area contributed by atoms with Crippen LogP contribution in [0.4, 0.5) is 10.3 Å². The molecule has 1 aromatic heterocycles. The van der Waals surface area contributed by atoms with Gasteiger partial charge >= 0.3 is 5.97 Å². The number of nitrogens with zero attached hydrogens (tertiary/aromatic N) is 4. The summed E-state index contributed by atoms with van der Waals surface area (Å²) >= 11 is 5.86. The highest BCUT2D eigenvalue weighted by atomic mass is 35.5. The van der Waals surface area contributed by atoms with E-state index < -0.39 is 11.8 Å². The van der Waals surface area contributed by atoms with Gasteiger partial charge in [-0.15, -0.1) is 0 Å². The van der Waals surface area contributed by atoms with Crippen molar-refractivity contribution in [3.8, 4) is 5.75 Å². The third-order valence-corrected chi connectivity index (χ3v) is 7.17. The van der Waals surface area contributed by atoms with Crippen LogP contribution in [0.3, 0.4) is 0 Å². The summed E-state index contributed by atoms with van der Waals surface area (Å²) < 4.78 is 20.3. The van der Waals surface area contributed by atoms with E-state index in [0.29, 0.717) is 48.4 Å². The molecule has 1 amide bonds. The van der Waals surface area contributed by atoms with Gasteiger partial charge in [-0.05, 0) is 55.6 Å². The van der Waals surface area contributed by atoms with E-state index in [1.165, 1.54) is 6.07 Å². The Bertz CT molecular complexity index is 1040. The van der Waals surface area contributed by atoms with Crippen molar-refractivity contribution in [1.82, 2.24) is 14.9 Å². The standard InChI is InChI=1S/C26H32ClFN4O4/c27-21-14-29-26(30-15-21)31-9-7-18(8-10-31)2-1-11-36-22-5-4-20(23(28)13-22)12-24(33)32-16-19(17-32)3-6-25(34)35/h4-5,13-15,18-19H,1-3,6-12,16-17H2,(H,34,35). The largest absolute Gasteiger partial charge is 0.493 e. The van der Waals surface area contributed by atoms with Gasteiger partial charge in [0.25, 0.3) is 0 Å². The van der Waals surface area contributed by atoms with E-state index in [2.05, 4.69) is 14.9 Å². The van der Waals surface area contributed by atoms with Crippen LogP contribution in [0, 0.1) is 17.7 Å². The molecule has 2 aromatic rings. The molecule has 0 spiro atoms. The Morgan fingerprint density at radius 2 is 1.83 bits per heavy atom. The molecule has 8 nitrogen and oxygen atoms in total. The monoisotopic (exact) mass is 518 g/mol. The second-order valence-corrected chi connectivity index (χ2v) is 10.1. The first-order chi connectivity index (χ1) is 17.4. The van der Waals surface area contributed by atoms with E-state index in [4.69, 9.17) is 21.4 Å². The summed E-state index contributed by atoms with van der Waals surface area (Å²) in [7, 11) is 0. The van der Waals surface area contributed by atoms with Gasteiger partial charge in [-0.1, -0.05) is 17.7 Å². The fraction of sp³-hybridized carbons (Fsp3) is 0.538. The van der Waals surface area contributed by atoms with Crippen molar-refractivity contribution < 1.29 is 23.8 Å². The van der Waals surface area contributed by atoms with Crippen molar-refractivity contribution >= 4 is 29.4 Å². The molecular formula is C26H32ClFN4O4. The fourth-order valence-electron chi connectivity index (χ4n) is 4.77. The SMILES string of the molecule is O=C(O)CCC1CN(C(=O)Cc2ccc(OCCCC3CCN(c4ncc(Cl)cn4)CC3)cc2F)C1. The van der Waals surface area contributed by atoms with Crippen LogP contribution >= 0.6 is 11.6 Å². The van der Waals surface area contributed by atoms with Crippen LogP contribution in [0.15, 0.2) is 30.6 Å². The van der Waals surface area contributed by atoms with Gasteiger partial charge in [0, 0.05) is 38.7 Å². The summed E-state index contributed by atoms with van der Waals surface area (Å²) in [5.74, 6) is 0.621. The molecule has 3 heterocycles. The topological polar surface area (TPSA) is 95.9 Å². The molecule has 0 atom stereocenters. The molecule has 4 rings (SSSR count). The van der Waals surface area contributed by atoms with Crippen LogP contribution < -0.4 is 9.64 Å². The number of halogens is 2. The summed E-state index contributed by atoms with van der Waals surface area (Å²) in [6.07, 6.45) is 8.00. The molecule has 10 heteroatoms. The average Bonchev–Trinajstić information content (AvgIpc) is 2.83. The van der Waals surface area contributed by atoms with Crippen LogP contribution in [-0.4, -0.2) is 64.6 Å². The Kier molecular flexibility index (Phi) is 8.96. The number of aromatic nitrogens is 2. The quantitative estimate of drug-likeness (QED) is 0.445.